The van der Waals surface area contributed by atoms with Gasteiger partial charge in [0.15, 0.2) is 0 Å². The third-order valence-electron chi connectivity index (χ3n) is 4.18. The van der Waals surface area contributed by atoms with Gasteiger partial charge in [-0.15, -0.1) is 11.3 Å². The zero-order chi connectivity index (χ0) is 13.8. The zero-order valence-electron chi connectivity index (χ0n) is 12.1. The van der Waals surface area contributed by atoms with Crippen LogP contribution in [0.1, 0.15) is 24.3 Å². The minimum atomic E-state index is 0.909. The molecule has 20 heavy (non-hydrogen) atoms. The Kier molecular flexibility index (Phi) is 4.65. The molecule has 1 aromatic heterocycles. The van der Waals surface area contributed by atoms with Crippen molar-refractivity contribution in [2.45, 2.75) is 25.8 Å². The van der Waals surface area contributed by atoms with Crippen LogP contribution in [0.25, 0.3) is 10.2 Å². The molecule has 0 unspecified atom stereocenters. The lowest BCUT2D eigenvalue weighted by molar-refractivity contribution is 0.211. The molecular weight excluding hydrogens is 266 g/mol. The Balaban J connectivity index is 1.41. The predicted molar refractivity (Wildman–Crippen MR) is 86.2 cm³/mol. The fraction of sp³-hybridized carbons (Fsp3) is 0.562. The van der Waals surface area contributed by atoms with Gasteiger partial charge in [-0.2, -0.15) is 0 Å². The number of benzene rings is 1. The van der Waals surface area contributed by atoms with Crippen molar-refractivity contribution in [3.63, 3.8) is 0 Å². The third kappa shape index (κ3) is 3.57. The summed E-state index contributed by atoms with van der Waals surface area (Å²) >= 11 is 1.80. The van der Waals surface area contributed by atoms with Gasteiger partial charge in [0.2, 0.25) is 0 Å². The maximum atomic E-state index is 4.66. The fourth-order valence-electron chi connectivity index (χ4n) is 2.85. The molecule has 4 heteroatoms. The summed E-state index contributed by atoms with van der Waals surface area (Å²) in [6.07, 6.45) is 4.03. The minimum absolute atomic E-state index is 0.909. The third-order valence-corrected chi connectivity index (χ3v) is 5.22. The van der Waals surface area contributed by atoms with E-state index in [0.717, 1.165) is 24.5 Å². The van der Waals surface area contributed by atoms with Gasteiger partial charge in [0.1, 0.15) is 5.01 Å². The summed E-state index contributed by atoms with van der Waals surface area (Å²) in [6.45, 7) is 4.56. The zero-order valence-corrected chi connectivity index (χ0v) is 13.0. The van der Waals surface area contributed by atoms with Crippen molar-refractivity contribution in [3.8, 4) is 0 Å². The summed E-state index contributed by atoms with van der Waals surface area (Å²) in [7, 11) is 2.22. The Labute approximate surface area is 125 Å². The molecule has 1 aliphatic heterocycles. The van der Waals surface area contributed by atoms with E-state index in [9.17, 15) is 0 Å². The number of rotatable bonds is 5. The first-order valence-electron chi connectivity index (χ1n) is 7.55. The van der Waals surface area contributed by atoms with Gasteiger partial charge in [-0.25, -0.2) is 4.98 Å². The molecule has 1 fully saturated rings. The van der Waals surface area contributed by atoms with Crippen molar-refractivity contribution < 1.29 is 0 Å². The number of likely N-dealkylation sites (tertiary alicyclic amines) is 1. The lowest BCUT2D eigenvalue weighted by Crippen LogP contribution is -2.31. The van der Waals surface area contributed by atoms with Gasteiger partial charge in [-0.1, -0.05) is 12.1 Å². The number of aromatic nitrogens is 1. The van der Waals surface area contributed by atoms with Crippen molar-refractivity contribution in [1.82, 2.24) is 15.2 Å². The van der Waals surface area contributed by atoms with Gasteiger partial charge >= 0.3 is 0 Å². The van der Waals surface area contributed by atoms with Gasteiger partial charge < -0.3 is 10.2 Å². The molecule has 0 bridgehead atoms. The number of hydrogen-bond donors (Lipinski definition) is 1. The van der Waals surface area contributed by atoms with Crippen LogP contribution in [0.2, 0.25) is 0 Å². The largest absolute Gasteiger partial charge is 0.310 e. The predicted octanol–water partition coefficient (Wildman–Crippen LogP) is 3.12. The molecule has 0 aliphatic carbocycles. The quantitative estimate of drug-likeness (QED) is 0.857. The van der Waals surface area contributed by atoms with E-state index in [1.54, 1.807) is 11.3 Å². The number of para-hydroxylation sites is 1. The molecule has 2 aromatic rings. The second kappa shape index (κ2) is 6.66. The van der Waals surface area contributed by atoms with E-state index in [1.165, 1.54) is 42.1 Å². The molecule has 0 amide bonds. The molecule has 3 nitrogen and oxygen atoms in total. The molecule has 3 rings (SSSR count). The summed E-state index contributed by atoms with van der Waals surface area (Å²) in [6, 6.07) is 8.38. The Hall–Kier alpha value is -0.970. The van der Waals surface area contributed by atoms with E-state index in [2.05, 4.69) is 46.5 Å². The Morgan fingerprint density at radius 1 is 1.30 bits per heavy atom. The van der Waals surface area contributed by atoms with Crippen molar-refractivity contribution in [2.24, 2.45) is 5.92 Å². The van der Waals surface area contributed by atoms with Crippen LogP contribution in [0.3, 0.4) is 0 Å². The first-order valence-corrected chi connectivity index (χ1v) is 8.36. The SMILES string of the molecule is CN1CCC(CCNCc2nc3ccccc3s2)CC1. The van der Waals surface area contributed by atoms with Crippen LogP contribution in [0.5, 0.6) is 0 Å². The summed E-state index contributed by atoms with van der Waals surface area (Å²) < 4.78 is 1.29. The van der Waals surface area contributed by atoms with Crippen molar-refractivity contribution >= 4 is 21.6 Å². The highest BCUT2D eigenvalue weighted by molar-refractivity contribution is 7.18. The Morgan fingerprint density at radius 3 is 2.90 bits per heavy atom. The first kappa shape index (κ1) is 14.0. The summed E-state index contributed by atoms with van der Waals surface area (Å²) in [5.74, 6) is 0.911. The number of hydrogen-bond acceptors (Lipinski definition) is 4. The lowest BCUT2D eigenvalue weighted by atomic mass is 9.94. The highest BCUT2D eigenvalue weighted by Gasteiger charge is 2.15. The molecule has 1 saturated heterocycles. The second-order valence-corrected chi connectivity index (χ2v) is 6.90. The Bertz CT molecular complexity index is 510. The van der Waals surface area contributed by atoms with Gasteiger partial charge in [0.05, 0.1) is 10.2 Å². The van der Waals surface area contributed by atoms with Crippen molar-refractivity contribution in [2.75, 3.05) is 26.7 Å². The standard InChI is InChI=1S/C16H23N3S/c1-19-10-7-13(8-11-19)6-9-17-12-16-18-14-4-2-3-5-15(14)20-16/h2-5,13,17H,6-12H2,1H3. The van der Waals surface area contributed by atoms with Crippen LogP contribution < -0.4 is 5.32 Å². The number of thiazole rings is 1. The fourth-order valence-corrected chi connectivity index (χ4v) is 3.78. The summed E-state index contributed by atoms with van der Waals surface area (Å²) in [5.41, 5.74) is 1.13. The summed E-state index contributed by atoms with van der Waals surface area (Å²) in [4.78, 5) is 7.09. The van der Waals surface area contributed by atoms with Gasteiger partial charge in [0, 0.05) is 6.54 Å². The van der Waals surface area contributed by atoms with Crippen LogP contribution >= 0.6 is 11.3 Å². The molecule has 2 heterocycles. The van der Waals surface area contributed by atoms with Crippen LogP contribution in [-0.4, -0.2) is 36.6 Å². The molecule has 0 atom stereocenters. The Morgan fingerprint density at radius 2 is 2.10 bits per heavy atom. The highest BCUT2D eigenvalue weighted by atomic mass is 32.1. The van der Waals surface area contributed by atoms with Crippen LogP contribution in [0, 0.1) is 5.92 Å². The topological polar surface area (TPSA) is 28.2 Å². The van der Waals surface area contributed by atoms with E-state index in [0.29, 0.717) is 0 Å². The average molecular weight is 289 g/mol. The number of piperidine rings is 1. The van der Waals surface area contributed by atoms with Gasteiger partial charge in [-0.05, 0) is 64.0 Å². The maximum Gasteiger partial charge on any atom is 0.108 e. The van der Waals surface area contributed by atoms with Crippen LogP contribution in [-0.2, 0) is 6.54 Å². The molecule has 1 aliphatic rings. The number of nitrogens with one attached hydrogen (secondary N) is 1. The molecule has 1 aromatic carbocycles. The monoisotopic (exact) mass is 289 g/mol. The summed E-state index contributed by atoms with van der Waals surface area (Å²) in [5, 5.41) is 4.76. The van der Waals surface area contributed by atoms with E-state index in [-0.39, 0.29) is 0 Å². The van der Waals surface area contributed by atoms with Gasteiger partial charge in [-0.3, -0.25) is 0 Å². The average Bonchev–Trinajstić information content (AvgIpc) is 2.88. The molecule has 0 spiro atoms. The van der Waals surface area contributed by atoms with Gasteiger partial charge in [0.25, 0.3) is 0 Å². The lowest BCUT2D eigenvalue weighted by Gasteiger charge is -2.28. The van der Waals surface area contributed by atoms with Crippen molar-refractivity contribution in [1.29, 1.82) is 0 Å². The second-order valence-electron chi connectivity index (χ2n) is 5.79. The molecule has 108 valence electrons. The highest BCUT2D eigenvalue weighted by Crippen LogP contribution is 2.22. The molecule has 0 radical (unpaired) electrons. The van der Waals surface area contributed by atoms with E-state index in [4.69, 9.17) is 0 Å². The van der Waals surface area contributed by atoms with E-state index >= 15 is 0 Å². The van der Waals surface area contributed by atoms with Crippen LogP contribution in [0.15, 0.2) is 24.3 Å². The minimum Gasteiger partial charge on any atom is -0.310 e. The molecular formula is C16H23N3S. The smallest absolute Gasteiger partial charge is 0.108 e. The van der Waals surface area contributed by atoms with E-state index in [1.807, 2.05) is 0 Å². The normalized spacial score (nSPS) is 17.9. The molecule has 1 N–H and O–H groups in total. The number of nitrogens with zero attached hydrogens (tertiary/aromatic N) is 2. The van der Waals surface area contributed by atoms with Crippen molar-refractivity contribution in [3.05, 3.63) is 29.3 Å². The van der Waals surface area contributed by atoms with E-state index < -0.39 is 0 Å². The maximum absolute atomic E-state index is 4.66. The first-order chi connectivity index (χ1) is 9.81. The molecule has 0 saturated carbocycles. The van der Waals surface area contributed by atoms with Crippen LogP contribution in [0.4, 0.5) is 0 Å². The number of fused-ring (bicyclic) bond motifs is 1.